The van der Waals surface area contributed by atoms with Gasteiger partial charge in [-0.1, -0.05) is 0 Å². The lowest BCUT2D eigenvalue weighted by Gasteiger charge is -2.49. The van der Waals surface area contributed by atoms with Gasteiger partial charge in [-0.25, -0.2) is 4.98 Å². The van der Waals surface area contributed by atoms with E-state index in [1.807, 2.05) is 12.1 Å². The van der Waals surface area contributed by atoms with Gasteiger partial charge in [0.2, 0.25) is 0 Å². The second-order valence-electron chi connectivity index (χ2n) is 6.24. The van der Waals surface area contributed by atoms with E-state index in [0.29, 0.717) is 12.0 Å². The zero-order valence-corrected chi connectivity index (χ0v) is 13.4. The van der Waals surface area contributed by atoms with E-state index >= 15 is 0 Å². The van der Waals surface area contributed by atoms with E-state index in [2.05, 4.69) is 27.1 Å². The maximum absolute atomic E-state index is 12.6. The highest BCUT2D eigenvalue weighted by molar-refractivity contribution is 7.17. The highest BCUT2D eigenvalue weighted by atomic mass is 32.1. The third-order valence-corrected chi connectivity index (χ3v) is 6.19. The van der Waals surface area contributed by atoms with Crippen molar-refractivity contribution in [2.75, 3.05) is 13.1 Å². The normalized spacial score (nSPS) is 30.4. The quantitative estimate of drug-likeness (QED) is 0.914. The van der Waals surface area contributed by atoms with E-state index in [-0.39, 0.29) is 11.9 Å². The van der Waals surface area contributed by atoms with Gasteiger partial charge in [-0.05, 0) is 50.9 Å². The van der Waals surface area contributed by atoms with Crippen LogP contribution in [0.4, 0.5) is 0 Å². The largest absolute Gasteiger partial charge is 0.347 e. The summed E-state index contributed by atoms with van der Waals surface area (Å²) in [6.45, 7) is 4.60. The van der Waals surface area contributed by atoms with E-state index < -0.39 is 0 Å². The molecule has 116 valence electrons. The summed E-state index contributed by atoms with van der Waals surface area (Å²) in [5, 5.41) is 3.28. The van der Waals surface area contributed by atoms with Gasteiger partial charge in [0.15, 0.2) is 0 Å². The number of aromatic nitrogens is 2. The molecule has 2 N–H and O–H groups in total. The number of nitrogens with one attached hydrogen (secondary N) is 2. The van der Waals surface area contributed by atoms with Crippen LogP contribution in [-0.4, -0.2) is 45.9 Å². The fourth-order valence-corrected chi connectivity index (χ4v) is 4.65. The standard InChI is InChI=1S/C16H20N4OS/c1-10-15(11-4-6-20(10)7-5-11)19-16(21)14-3-2-13(22-14)12-8-17-9-18-12/h2-3,8-11,15H,4-7H2,1H3,(H,17,18)(H,19,21)/t10-,15+/m1/s1. The summed E-state index contributed by atoms with van der Waals surface area (Å²) in [6.07, 6.45) is 5.85. The number of piperidine rings is 3. The Morgan fingerprint density at radius 1 is 1.41 bits per heavy atom. The smallest absolute Gasteiger partial charge is 0.261 e. The SMILES string of the molecule is C[C@@H]1[C@H](NC(=O)c2ccc(-c3cnc[nH]3)s2)C2CCN1CC2. The maximum atomic E-state index is 12.6. The number of hydrogen-bond acceptors (Lipinski definition) is 4. The van der Waals surface area contributed by atoms with Crippen molar-refractivity contribution in [3.63, 3.8) is 0 Å². The molecule has 3 saturated heterocycles. The number of carbonyl (C=O) groups is 1. The van der Waals surface area contributed by atoms with Crippen molar-refractivity contribution >= 4 is 17.2 Å². The zero-order chi connectivity index (χ0) is 15.1. The first kappa shape index (κ1) is 14.0. The van der Waals surface area contributed by atoms with Crippen LogP contribution in [0.2, 0.25) is 0 Å². The molecule has 2 aromatic heterocycles. The van der Waals surface area contributed by atoms with Gasteiger partial charge in [-0.2, -0.15) is 0 Å². The van der Waals surface area contributed by atoms with E-state index in [4.69, 9.17) is 0 Å². The van der Waals surface area contributed by atoms with Gasteiger partial charge in [0.05, 0.1) is 28.0 Å². The molecular formula is C16H20N4OS. The predicted molar refractivity (Wildman–Crippen MR) is 86.9 cm³/mol. The van der Waals surface area contributed by atoms with Gasteiger partial charge in [-0.3, -0.25) is 9.69 Å². The Balaban J connectivity index is 1.48. The molecule has 5 heterocycles. The van der Waals surface area contributed by atoms with Crippen LogP contribution in [0, 0.1) is 5.92 Å². The van der Waals surface area contributed by atoms with Crippen LogP contribution in [0.3, 0.4) is 0 Å². The topological polar surface area (TPSA) is 61.0 Å². The van der Waals surface area contributed by atoms with Crippen LogP contribution in [0.1, 0.15) is 29.4 Å². The molecule has 5 rings (SSSR count). The minimum atomic E-state index is 0.0568. The molecule has 0 saturated carbocycles. The molecule has 0 radical (unpaired) electrons. The molecule has 6 heteroatoms. The van der Waals surface area contributed by atoms with E-state index in [0.717, 1.165) is 15.4 Å². The lowest BCUT2D eigenvalue weighted by Crippen LogP contribution is -2.62. The molecule has 3 aliphatic rings. The number of rotatable bonds is 3. The third-order valence-electron chi connectivity index (χ3n) is 5.07. The molecule has 3 aliphatic heterocycles. The molecule has 2 aromatic rings. The van der Waals surface area contributed by atoms with Crippen LogP contribution in [0.15, 0.2) is 24.7 Å². The first-order valence-electron chi connectivity index (χ1n) is 7.86. The number of hydrogen-bond donors (Lipinski definition) is 2. The van der Waals surface area contributed by atoms with Crippen molar-refractivity contribution in [1.29, 1.82) is 0 Å². The maximum Gasteiger partial charge on any atom is 0.261 e. The average Bonchev–Trinajstić information content (AvgIpc) is 3.21. The Bertz CT molecular complexity index is 656. The minimum Gasteiger partial charge on any atom is -0.347 e. The van der Waals surface area contributed by atoms with Gasteiger partial charge in [-0.15, -0.1) is 11.3 Å². The Kier molecular flexibility index (Phi) is 3.50. The van der Waals surface area contributed by atoms with Crippen LogP contribution in [0.25, 0.3) is 10.6 Å². The molecule has 22 heavy (non-hydrogen) atoms. The van der Waals surface area contributed by atoms with Crippen molar-refractivity contribution < 1.29 is 4.79 Å². The average molecular weight is 316 g/mol. The number of aromatic amines is 1. The second-order valence-corrected chi connectivity index (χ2v) is 7.33. The number of carbonyl (C=O) groups excluding carboxylic acids is 1. The lowest BCUT2D eigenvalue weighted by atomic mass is 9.79. The first-order valence-corrected chi connectivity index (χ1v) is 8.67. The summed E-state index contributed by atoms with van der Waals surface area (Å²) in [5.74, 6) is 0.692. The van der Waals surface area contributed by atoms with Crippen molar-refractivity contribution in [2.24, 2.45) is 5.92 Å². The lowest BCUT2D eigenvalue weighted by molar-refractivity contribution is 0.0218. The van der Waals surface area contributed by atoms with Crippen LogP contribution in [0.5, 0.6) is 0 Å². The Morgan fingerprint density at radius 3 is 2.91 bits per heavy atom. The predicted octanol–water partition coefficient (Wildman–Crippen LogP) is 2.35. The van der Waals surface area contributed by atoms with E-state index in [9.17, 15) is 4.79 Å². The van der Waals surface area contributed by atoms with Crippen molar-refractivity contribution in [2.45, 2.75) is 31.8 Å². The van der Waals surface area contributed by atoms with Crippen molar-refractivity contribution in [3.05, 3.63) is 29.5 Å². The van der Waals surface area contributed by atoms with Gasteiger partial charge in [0, 0.05) is 12.1 Å². The fraction of sp³-hybridized carbons (Fsp3) is 0.500. The van der Waals surface area contributed by atoms with Crippen LogP contribution < -0.4 is 5.32 Å². The first-order chi connectivity index (χ1) is 10.7. The van der Waals surface area contributed by atoms with Gasteiger partial charge in [0.25, 0.3) is 5.91 Å². The van der Waals surface area contributed by atoms with Gasteiger partial charge in [0.1, 0.15) is 0 Å². The molecule has 1 amide bonds. The van der Waals surface area contributed by atoms with Gasteiger partial charge < -0.3 is 10.3 Å². The molecular weight excluding hydrogens is 296 g/mol. The summed E-state index contributed by atoms with van der Waals surface area (Å²) < 4.78 is 0. The molecule has 0 aliphatic carbocycles. The summed E-state index contributed by atoms with van der Waals surface area (Å²) in [6, 6.07) is 4.62. The number of imidazole rings is 1. The number of fused-ring (bicyclic) bond motifs is 3. The Hall–Kier alpha value is -1.66. The minimum absolute atomic E-state index is 0.0568. The molecule has 2 bridgehead atoms. The second kappa shape index (κ2) is 5.52. The van der Waals surface area contributed by atoms with Crippen LogP contribution in [-0.2, 0) is 0 Å². The summed E-state index contributed by atoms with van der Waals surface area (Å²) in [5.41, 5.74) is 0.959. The fourth-order valence-electron chi connectivity index (χ4n) is 3.76. The van der Waals surface area contributed by atoms with Crippen molar-refractivity contribution in [1.82, 2.24) is 20.2 Å². The summed E-state index contributed by atoms with van der Waals surface area (Å²) in [4.78, 5) is 24.0. The molecule has 5 nitrogen and oxygen atoms in total. The molecule has 0 unspecified atom stereocenters. The number of nitrogens with zero attached hydrogens (tertiary/aromatic N) is 2. The third kappa shape index (κ3) is 2.36. The van der Waals surface area contributed by atoms with E-state index in [1.54, 1.807) is 12.5 Å². The highest BCUT2D eigenvalue weighted by Gasteiger charge is 2.40. The molecule has 0 spiro atoms. The Labute approximate surface area is 133 Å². The molecule has 3 fully saturated rings. The van der Waals surface area contributed by atoms with Crippen LogP contribution >= 0.6 is 11.3 Å². The van der Waals surface area contributed by atoms with Crippen molar-refractivity contribution in [3.8, 4) is 10.6 Å². The number of H-pyrrole nitrogens is 1. The van der Waals surface area contributed by atoms with E-state index in [1.165, 1.54) is 37.3 Å². The summed E-state index contributed by atoms with van der Waals surface area (Å²) in [7, 11) is 0. The van der Waals surface area contributed by atoms with Gasteiger partial charge >= 0.3 is 0 Å². The Morgan fingerprint density at radius 2 is 2.23 bits per heavy atom. The molecule has 2 atom stereocenters. The molecule has 0 aromatic carbocycles. The highest BCUT2D eigenvalue weighted by Crippen LogP contribution is 2.33. The monoisotopic (exact) mass is 316 g/mol. The zero-order valence-electron chi connectivity index (χ0n) is 12.6. The number of thiophene rings is 1. The summed E-state index contributed by atoms with van der Waals surface area (Å²) >= 11 is 1.51. The number of amides is 1.